The van der Waals surface area contributed by atoms with Crippen molar-refractivity contribution in [2.24, 2.45) is 11.8 Å². The minimum absolute atomic E-state index is 0.0525. The van der Waals surface area contributed by atoms with Crippen molar-refractivity contribution in [1.82, 2.24) is 4.72 Å². The Morgan fingerprint density at radius 3 is 2.71 bits per heavy atom. The van der Waals surface area contributed by atoms with Crippen molar-refractivity contribution in [3.63, 3.8) is 0 Å². The summed E-state index contributed by atoms with van der Waals surface area (Å²) in [5.41, 5.74) is 0. The molecule has 1 saturated carbocycles. The highest BCUT2D eigenvalue weighted by atomic mass is 35.5. The first kappa shape index (κ1) is 16.0. The smallest absolute Gasteiger partial charge is 0.264 e. The lowest BCUT2D eigenvalue weighted by atomic mass is 9.81. The molecule has 7 heteroatoms. The van der Waals surface area contributed by atoms with Crippen molar-refractivity contribution in [3.05, 3.63) is 29.3 Å². The lowest BCUT2D eigenvalue weighted by Gasteiger charge is -2.24. The van der Waals surface area contributed by atoms with E-state index < -0.39 is 21.8 Å². The number of benzene rings is 1. The van der Waals surface area contributed by atoms with Gasteiger partial charge in [0, 0.05) is 23.3 Å². The minimum Gasteiger partial charge on any atom is -0.299 e. The van der Waals surface area contributed by atoms with Gasteiger partial charge in [0.1, 0.15) is 5.78 Å². The van der Waals surface area contributed by atoms with Crippen LogP contribution in [0.3, 0.4) is 0 Å². The van der Waals surface area contributed by atoms with Crippen LogP contribution in [0.5, 0.6) is 0 Å². The molecule has 1 aliphatic carbocycles. The van der Waals surface area contributed by atoms with Gasteiger partial charge in [0.25, 0.3) is 10.0 Å². The lowest BCUT2D eigenvalue weighted by molar-refractivity contribution is -0.129. The van der Waals surface area contributed by atoms with Crippen molar-refractivity contribution in [2.75, 3.05) is 0 Å². The molecule has 1 N–H and O–H groups in total. The quantitative estimate of drug-likeness (QED) is 0.921. The third-order valence-corrected chi connectivity index (χ3v) is 5.22. The summed E-state index contributed by atoms with van der Waals surface area (Å²) >= 11 is 5.76. The van der Waals surface area contributed by atoms with Crippen molar-refractivity contribution in [2.45, 2.75) is 31.1 Å². The maximum atomic E-state index is 12.1. The molecule has 5 nitrogen and oxygen atoms in total. The minimum atomic E-state index is -3.93. The summed E-state index contributed by atoms with van der Waals surface area (Å²) in [7, 11) is -3.93. The number of hydrogen-bond acceptors (Lipinski definition) is 4. The summed E-state index contributed by atoms with van der Waals surface area (Å²) in [6.45, 7) is 1.76. The molecule has 1 aliphatic rings. The molecule has 1 amide bonds. The summed E-state index contributed by atoms with van der Waals surface area (Å²) < 4.78 is 26.3. The van der Waals surface area contributed by atoms with Crippen LogP contribution in [0.2, 0.25) is 5.02 Å². The van der Waals surface area contributed by atoms with Crippen LogP contribution in [0, 0.1) is 11.8 Å². The number of ketones is 1. The normalized spacial score (nSPS) is 22.9. The van der Waals surface area contributed by atoms with Gasteiger partial charge in [0.15, 0.2) is 0 Å². The number of carbonyl (C=O) groups is 2. The van der Waals surface area contributed by atoms with E-state index >= 15 is 0 Å². The van der Waals surface area contributed by atoms with E-state index in [4.69, 9.17) is 11.6 Å². The van der Waals surface area contributed by atoms with Crippen LogP contribution in [0.4, 0.5) is 0 Å². The second-order valence-corrected chi connectivity index (χ2v) is 7.38. The molecule has 2 rings (SSSR count). The first-order valence-corrected chi connectivity index (χ1v) is 8.50. The van der Waals surface area contributed by atoms with Gasteiger partial charge in [-0.1, -0.05) is 24.6 Å². The Balaban J connectivity index is 2.10. The predicted molar refractivity (Wildman–Crippen MR) is 78.3 cm³/mol. The van der Waals surface area contributed by atoms with Crippen LogP contribution in [0.25, 0.3) is 0 Å². The van der Waals surface area contributed by atoms with E-state index in [1.165, 1.54) is 18.2 Å². The molecule has 21 heavy (non-hydrogen) atoms. The topological polar surface area (TPSA) is 80.3 Å². The van der Waals surface area contributed by atoms with Gasteiger partial charge in [-0.15, -0.1) is 0 Å². The summed E-state index contributed by atoms with van der Waals surface area (Å²) in [5.74, 6) is -1.10. The number of carbonyl (C=O) groups excluding carboxylic acids is 2. The number of Topliss-reactive ketones (excluding diaryl/α,β-unsaturated/α-hetero) is 1. The molecule has 0 spiro atoms. The van der Waals surface area contributed by atoms with Gasteiger partial charge in [0.2, 0.25) is 5.91 Å². The third-order valence-electron chi connectivity index (χ3n) is 3.64. The van der Waals surface area contributed by atoms with Crippen LogP contribution in [-0.4, -0.2) is 20.1 Å². The molecule has 2 atom stereocenters. The molecular formula is C14H16ClNO4S. The van der Waals surface area contributed by atoms with Crippen molar-refractivity contribution in [3.8, 4) is 0 Å². The molecule has 0 saturated heterocycles. The Hall–Kier alpha value is -1.40. The van der Waals surface area contributed by atoms with Gasteiger partial charge in [-0.25, -0.2) is 13.1 Å². The van der Waals surface area contributed by atoms with E-state index in [2.05, 4.69) is 4.72 Å². The molecular weight excluding hydrogens is 314 g/mol. The second-order valence-electron chi connectivity index (χ2n) is 5.27. The number of sulfonamides is 1. The molecule has 1 aromatic carbocycles. The fraction of sp³-hybridized carbons (Fsp3) is 0.429. The highest BCUT2D eigenvalue weighted by Crippen LogP contribution is 2.26. The summed E-state index contributed by atoms with van der Waals surface area (Å²) in [5, 5.41) is 0.280. The first-order valence-electron chi connectivity index (χ1n) is 6.64. The Kier molecular flexibility index (Phi) is 4.68. The van der Waals surface area contributed by atoms with E-state index in [1.807, 2.05) is 0 Å². The molecule has 0 aliphatic heterocycles. The number of amides is 1. The Labute approximate surface area is 128 Å². The number of rotatable bonds is 3. The van der Waals surface area contributed by atoms with Crippen LogP contribution < -0.4 is 4.72 Å². The molecule has 114 valence electrons. The van der Waals surface area contributed by atoms with E-state index in [0.717, 1.165) is 0 Å². The summed E-state index contributed by atoms with van der Waals surface area (Å²) in [4.78, 5) is 23.5. The third kappa shape index (κ3) is 3.83. The molecule has 0 aromatic heterocycles. The predicted octanol–water partition coefficient (Wildman–Crippen LogP) is 2.15. The molecule has 0 radical (unpaired) electrons. The molecule has 1 aromatic rings. The Morgan fingerprint density at radius 2 is 2.10 bits per heavy atom. The summed E-state index contributed by atoms with van der Waals surface area (Å²) in [6.07, 6.45) is 1.09. The molecule has 0 unspecified atom stereocenters. The van der Waals surface area contributed by atoms with E-state index in [9.17, 15) is 18.0 Å². The highest BCUT2D eigenvalue weighted by Gasteiger charge is 2.32. The Bertz CT molecular complexity index is 671. The van der Waals surface area contributed by atoms with Gasteiger partial charge < -0.3 is 0 Å². The fourth-order valence-electron chi connectivity index (χ4n) is 2.39. The largest absolute Gasteiger partial charge is 0.299 e. The van der Waals surface area contributed by atoms with Crippen molar-refractivity contribution < 1.29 is 18.0 Å². The summed E-state index contributed by atoms with van der Waals surface area (Å²) in [6, 6.07) is 5.71. The number of nitrogens with one attached hydrogen (secondary N) is 1. The van der Waals surface area contributed by atoms with Gasteiger partial charge in [-0.05, 0) is 31.0 Å². The standard InChI is InChI=1S/C14H16ClNO4S/c1-9-7-10(5-6-13(9)17)14(18)16-21(19,20)12-4-2-3-11(15)8-12/h2-4,8-10H,5-7H2,1H3,(H,16,18)/t9-,10-/m0/s1. The zero-order chi connectivity index (χ0) is 15.6. The van der Waals surface area contributed by atoms with E-state index in [-0.39, 0.29) is 21.6 Å². The van der Waals surface area contributed by atoms with Gasteiger partial charge in [-0.3, -0.25) is 9.59 Å². The maximum absolute atomic E-state index is 12.1. The highest BCUT2D eigenvalue weighted by molar-refractivity contribution is 7.90. The molecule has 0 heterocycles. The van der Waals surface area contributed by atoms with E-state index in [0.29, 0.717) is 19.3 Å². The van der Waals surface area contributed by atoms with E-state index in [1.54, 1.807) is 13.0 Å². The van der Waals surface area contributed by atoms with Gasteiger partial charge in [0.05, 0.1) is 4.90 Å². The monoisotopic (exact) mass is 329 g/mol. The number of halogens is 1. The molecule has 1 fully saturated rings. The van der Waals surface area contributed by atoms with Crippen LogP contribution >= 0.6 is 11.6 Å². The van der Waals surface area contributed by atoms with Crippen LogP contribution in [-0.2, 0) is 19.6 Å². The van der Waals surface area contributed by atoms with Gasteiger partial charge in [-0.2, -0.15) is 0 Å². The average Bonchev–Trinajstić information content (AvgIpc) is 2.41. The van der Waals surface area contributed by atoms with Crippen molar-refractivity contribution in [1.29, 1.82) is 0 Å². The zero-order valence-corrected chi connectivity index (χ0v) is 13.1. The second kappa shape index (κ2) is 6.15. The zero-order valence-electron chi connectivity index (χ0n) is 11.5. The number of hydrogen-bond donors (Lipinski definition) is 1. The SMILES string of the molecule is C[C@H]1C[C@@H](C(=O)NS(=O)(=O)c2cccc(Cl)c2)CCC1=O. The van der Waals surface area contributed by atoms with Crippen LogP contribution in [0.1, 0.15) is 26.2 Å². The maximum Gasteiger partial charge on any atom is 0.264 e. The Morgan fingerprint density at radius 1 is 1.38 bits per heavy atom. The fourth-order valence-corrected chi connectivity index (χ4v) is 3.73. The van der Waals surface area contributed by atoms with Crippen LogP contribution in [0.15, 0.2) is 29.2 Å². The average molecular weight is 330 g/mol. The first-order chi connectivity index (χ1) is 9.79. The lowest BCUT2D eigenvalue weighted by Crippen LogP contribution is -2.39. The molecule has 0 bridgehead atoms. The van der Waals surface area contributed by atoms with Gasteiger partial charge >= 0.3 is 0 Å². The van der Waals surface area contributed by atoms with Crippen molar-refractivity contribution >= 4 is 33.3 Å².